The molecule has 2 aromatic rings. The smallest absolute Gasteiger partial charge is 0.367 e. The van der Waals surface area contributed by atoms with Gasteiger partial charge in [0.15, 0.2) is 0 Å². The molecule has 1 aliphatic heterocycles. The lowest BCUT2D eigenvalue weighted by Crippen LogP contribution is -2.01. The van der Waals surface area contributed by atoms with E-state index in [1.54, 1.807) is 25.1 Å². The number of nitrogens with zero attached hydrogens (tertiary/aromatic N) is 1. The lowest BCUT2D eigenvalue weighted by Gasteiger charge is -2.06. The SMILES string of the molecule is CC1=NOC(=O)/C1=C/c1ccc(OCc2ccc(F)cc2)cc1. The normalized spacial score (nSPS) is 15.5. The maximum absolute atomic E-state index is 12.8. The van der Waals surface area contributed by atoms with Crippen LogP contribution in [0.1, 0.15) is 18.1 Å². The van der Waals surface area contributed by atoms with E-state index in [0.29, 0.717) is 23.6 Å². The number of ether oxygens (including phenoxy) is 1. The second kappa shape index (κ2) is 6.44. The summed E-state index contributed by atoms with van der Waals surface area (Å²) in [7, 11) is 0. The van der Waals surface area contributed by atoms with Gasteiger partial charge in [-0.25, -0.2) is 9.18 Å². The van der Waals surface area contributed by atoms with Crippen molar-refractivity contribution >= 4 is 17.8 Å². The molecule has 0 radical (unpaired) electrons. The monoisotopic (exact) mass is 311 g/mol. The van der Waals surface area contributed by atoms with Gasteiger partial charge in [-0.2, -0.15) is 0 Å². The first kappa shape index (κ1) is 15.0. The molecule has 4 nitrogen and oxygen atoms in total. The molecule has 0 N–H and O–H groups in total. The van der Waals surface area contributed by atoms with Gasteiger partial charge < -0.3 is 9.57 Å². The Bertz CT molecular complexity index is 777. The molecular formula is C18H14FNO3. The van der Waals surface area contributed by atoms with E-state index in [1.807, 2.05) is 24.3 Å². The summed E-state index contributed by atoms with van der Waals surface area (Å²) in [5.41, 5.74) is 2.75. The highest BCUT2D eigenvalue weighted by atomic mass is 19.1. The van der Waals surface area contributed by atoms with Gasteiger partial charge in [0, 0.05) is 0 Å². The zero-order valence-corrected chi connectivity index (χ0v) is 12.5. The first-order valence-electron chi connectivity index (χ1n) is 7.07. The van der Waals surface area contributed by atoms with Crippen LogP contribution in [0.5, 0.6) is 5.75 Å². The molecule has 1 aliphatic rings. The lowest BCUT2D eigenvalue weighted by atomic mass is 10.1. The number of halogens is 1. The summed E-state index contributed by atoms with van der Waals surface area (Å²) >= 11 is 0. The Hall–Kier alpha value is -2.95. The molecule has 0 bridgehead atoms. The Morgan fingerprint density at radius 2 is 1.83 bits per heavy atom. The highest BCUT2D eigenvalue weighted by Gasteiger charge is 2.21. The van der Waals surface area contributed by atoms with E-state index >= 15 is 0 Å². The standard InChI is InChI=1S/C18H14FNO3/c1-12-17(18(21)23-20-12)10-13-4-8-16(9-5-13)22-11-14-2-6-15(19)7-3-14/h2-10H,11H2,1H3/b17-10+. The van der Waals surface area contributed by atoms with Crippen molar-refractivity contribution in [2.75, 3.05) is 0 Å². The number of carbonyl (C=O) groups excluding carboxylic acids is 1. The van der Waals surface area contributed by atoms with Gasteiger partial charge in [0.2, 0.25) is 0 Å². The van der Waals surface area contributed by atoms with Gasteiger partial charge in [-0.15, -0.1) is 0 Å². The van der Waals surface area contributed by atoms with E-state index in [1.165, 1.54) is 12.1 Å². The second-order valence-corrected chi connectivity index (χ2v) is 5.10. The Kier molecular flexibility index (Phi) is 4.19. The Morgan fingerprint density at radius 1 is 1.13 bits per heavy atom. The van der Waals surface area contributed by atoms with Gasteiger partial charge in [0.1, 0.15) is 18.2 Å². The van der Waals surface area contributed by atoms with Crippen molar-refractivity contribution in [3.8, 4) is 5.75 Å². The van der Waals surface area contributed by atoms with Crippen LogP contribution in [-0.4, -0.2) is 11.7 Å². The first-order valence-corrected chi connectivity index (χ1v) is 7.07. The van der Waals surface area contributed by atoms with Crippen LogP contribution < -0.4 is 4.74 Å². The molecule has 5 heteroatoms. The van der Waals surface area contributed by atoms with Gasteiger partial charge in [0.05, 0.1) is 11.3 Å². The predicted octanol–water partition coefficient (Wildman–Crippen LogP) is 3.72. The van der Waals surface area contributed by atoms with Gasteiger partial charge in [-0.1, -0.05) is 29.4 Å². The van der Waals surface area contributed by atoms with Crippen LogP contribution >= 0.6 is 0 Å². The molecular weight excluding hydrogens is 297 g/mol. The van der Waals surface area contributed by atoms with Crippen LogP contribution in [0.3, 0.4) is 0 Å². The molecule has 0 saturated heterocycles. The Balaban J connectivity index is 1.65. The van der Waals surface area contributed by atoms with Gasteiger partial charge >= 0.3 is 5.97 Å². The van der Waals surface area contributed by atoms with Gasteiger partial charge in [-0.3, -0.25) is 0 Å². The minimum atomic E-state index is -0.445. The number of hydrogen-bond acceptors (Lipinski definition) is 4. The van der Waals surface area contributed by atoms with E-state index in [2.05, 4.69) is 9.99 Å². The molecule has 116 valence electrons. The quantitative estimate of drug-likeness (QED) is 0.638. The molecule has 1 heterocycles. The Labute approximate surface area is 132 Å². The lowest BCUT2D eigenvalue weighted by molar-refractivity contribution is -0.136. The number of benzene rings is 2. The molecule has 0 unspecified atom stereocenters. The van der Waals surface area contributed by atoms with E-state index < -0.39 is 5.97 Å². The maximum Gasteiger partial charge on any atom is 0.367 e. The van der Waals surface area contributed by atoms with E-state index in [-0.39, 0.29) is 5.82 Å². The fourth-order valence-electron chi connectivity index (χ4n) is 2.09. The summed E-state index contributed by atoms with van der Waals surface area (Å²) < 4.78 is 18.5. The second-order valence-electron chi connectivity index (χ2n) is 5.10. The zero-order valence-electron chi connectivity index (χ0n) is 12.5. The van der Waals surface area contributed by atoms with Crippen LogP contribution in [0, 0.1) is 5.82 Å². The molecule has 0 saturated carbocycles. The highest BCUT2D eigenvalue weighted by Crippen LogP contribution is 2.19. The van der Waals surface area contributed by atoms with E-state index in [0.717, 1.165) is 11.1 Å². The molecule has 0 aromatic heterocycles. The third kappa shape index (κ3) is 3.63. The van der Waals surface area contributed by atoms with Crippen LogP contribution in [0.15, 0.2) is 59.3 Å². The third-order valence-corrected chi connectivity index (χ3v) is 3.39. The maximum atomic E-state index is 12.8. The topological polar surface area (TPSA) is 47.9 Å². The largest absolute Gasteiger partial charge is 0.489 e. The van der Waals surface area contributed by atoms with Crippen molar-refractivity contribution in [2.24, 2.45) is 5.16 Å². The van der Waals surface area contributed by atoms with Crippen molar-refractivity contribution in [3.63, 3.8) is 0 Å². The molecule has 23 heavy (non-hydrogen) atoms. The summed E-state index contributed by atoms with van der Waals surface area (Å²) in [6, 6.07) is 13.5. The summed E-state index contributed by atoms with van der Waals surface area (Å²) in [5.74, 6) is -0.0228. The fourth-order valence-corrected chi connectivity index (χ4v) is 2.09. The molecule has 0 amide bonds. The minimum Gasteiger partial charge on any atom is -0.489 e. The first-order chi connectivity index (χ1) is 11.1. The fraction of sp³-hybridized carbons (Fsp3) is 0.111. The van der Waals surface area contributed by atoms with Crippen LogP contribution in [0.2, 0.25) is 0 Å². The van der Waals surface area contributed by atoms with Crippen molar-refractivity contribution in [1.29, 1.82) is 0 Å². The summed E-state index contributed by atoms with van der Waals surface area (Å²) in [6.45, 7) is 2.08. The Morgan fingerprint density at radius 3 is 2.43 bits per heavy atom. The zero-order chi connectivity index (χ0) is 16.2. The molecule has 3 rings (SSSR count). The summed E-state index contributed by atoms with van der Waals surface area (Å²) in [4.78, 5) is 16.1. The number of rotatable bonds is 4. The van der Waals surface area contributed by atoms with Crippen LogP contribution in [0.4, 0.5) is 4.39 Å². The minimum absolute atomic E-state index is 0.268. The van der Waals surface area contributed by atoms with E-state index in [4.69, 9.17) is 4.74 Å². The molecule has 2 aromatic carbocycles. The van der Waals surface area contributed by atoms with Crippen molar-refractivity contribution in [3.05, 3.63) is 71.0 Å². The molecule has 0 atom stereocenters. The highest BCUT2D eigenvalue weighted by molar-refractivity contribution is 6.24. The van der Waals surface area contributed by atoms with Crippen molar-refractivity contribution in [2.45, 2.75) is 13.5 Å². The predicted molar refractivity (Wildman–Crippen MR) is 84.4 cm³/mol. The van der Waals surface area contributed by atoms with E-state index in [9.17, 15) is 9.18 Å². The van der Waals surface area contributed by atoms with Gasteiger partial charge in [0.25, 0.3) is 0 Å². The average Bonchev–Trinajstić information content (AvgIpc) is 2.88. The number of carbonyl (C=O) groups is 1. The number of oxime groups is 1. The average molecular weight is 311 g/mol. The van der Waals surface area contributed by atoms with Crippen LogP contribution in [-0.2, 0) is 16.2 Å². The summed E-state index contributed by atoms with van der Waals surface area (Å²) in [5, 5.41) is 3.63. The van der Waals surface area contributed by atoms with Gasteiger partial charge in [-0.05, 0) is 48.4 Å². The van der Waals surface area contributed by atoms with Crippen molar-refractivity contribution < 1.29 is 18.8 Å². The molecule has 0 fully saturated rings. The van der Waals surface area contributed by atoms with Crippen molar-refractivity contribution in [1.82, 2.24) is 0 Å². The molecule has 0 spiro atoms. The summed E-state index contributed by atoms with van der Waals surface area (Å²) in [6.07, 6.45) is 1.72. The third-order valence-electron chi connectivity index (χ3n) is 3.39. The number of hydrogen-bond donors (Lipinski definition) is 0. The van der Waals surface area contributed by atoms with Crippen LogP contribution in [0.25, 0.3) is 6.08 Å². The molecule has 0 aliphatic carbocycles.